The Morgan fingerprint density at radius 1 is 1.26 bits per heavy atom. The molecule has 0 saturated heterocycles. The molecule has 2 aromatic carbocycles. The minimum absolute atomic E-state index is 0.00482. The first-order valence-corrected chi connectivity index (χ1v) is 6.66. The summed E-state index contributed by atoms with van der Waals surface area (Å²) in [6.07, 6.45) is 0.810. The Morgan fingerprint density at radius 2 is 2.00 bits per heavy atom. The lowest BCUT2D eigenvalue weighted by Gasteiger charge is -2.38. The molecular weight excluding hydrogens is 236 g/mol. The van der Waals surface area contributed by atoms with E-state index in [1.807, 2.05) is 17.0 Å². The summed E-state index contributed by atoms with van der Waals surface area (Å²) in [5.41, 5.74) is 8.33. The Morgan fingerprint density at radius 3 is 2.74 bits per heavy atom. The number of benzene rings is 2. The molecule has 0 spiro atoms. The van der Waals surface area contributed by atoms with Crippen molar-refractivity contribution < 1.29 is 4.79 Å². The van der Waals surface area contributed by atoms with Crippen LogP contribution in [0.5, 0.6) is 0 Å². The van der Waals surface area contributed by atoms with Crippen LogP contribution in [0.3, 0.4) is 0 Å². The average Bonchev–Trinajstić information content (AvgIpc) is 2.38. The van der Waals surface area contributed by atoms with Crippen LogP contribution in [0.25, 0.3) is 10.8 Å². The van der Waals surface area contributed by atoms with Gasteiger partial charge in [0.25, 0.3) is 0 Å². The third-order valence-electron chi connectivity index (χ3n) is 3.95. The van der Waals surface area contributed by atoms with Crippen molar-refractivity contribution in [1.29, 1.82) is 0 Å². The molecule has 98 valence electrons. The second kappa shape index (κ2) is 4.35. The van der Waals surface area contributed by atoms with Gasteiger partial charge < -0.3 is 10.6 Å². The molecule has 1 amide bonds. The monoisotopic (exact) mass is 254 g/mol. The Bertz CT molecular complexity index is 650. The predicted molar refractivity (Wildman–Crippen MR) is 78.1 cm³/mol. The van der Waals surface area contributed by atoms with Crippen molar-refractivity contribution in [1.82, 2.24) is 0 Å². The lowest BCUT2D eigenvalue weighted by atomic mass is 9.89. The molecule has 0 aromatic heterocycles. The van der Waals surface area contributed by atoms with Gasteiger partial charge in [0, 0.05) is 24.4 Å². The summed E-state index contributed by atoms with van der Waals surface area (Å²) in [5.74, 6) is 0.0806. The molecule has 0 fully saturated rings. The molecule has 0 radical (unpaired) electrons. The first-order valence-electron chi connectivity index (χ1n) is 6.66. The molecule has 3 heteroatoms. The van der Waals surface area contributed by atoms with E-state index in [1.54, 1.807) is 6.92 Å². The van der Waals surface area contributed by atoms with Gasteiger partial charge in [-0.2, -0.15) is 0 Å². The third-order valence-corrected chi connectivity index (χ3v) is 3.95. The first kappa shape index (κ1) is 12.2. The maximum Gasteiger partial charge on any atom is 0.224 e. The molecular formula is C16H18N2O. The number of nitrogens with two attached hydrogens (primary N) is 1. The number of hydrogen-bond acceptors (Lipinski definition) is 2. The number of anilines is 1. The van der Waals surface area contributed by atoms with Gasteiger partial charge in [-0.25, -0.2) is 0 Å². The minimum Gasteiger partial charge on any atom is -0.324 e. The van der Waals surface area contributed by atoms with Gasteiger partial charge in [-0.3, -0.25) is 4.79 Å². The van der Waals surface area contributed by atoms with Gasteiger partial charge in [0.1, 0.15) is 0 Å². The van der Waals surface area contributed by atoms with Crippen LogP contribution in [-0.4, -0.2) is 11.9 Å². The summed E-state index contributed by atoms with van der Waals surface area (Å²) in [6, 6.07) is 12.4. The van der Waals surface area contributed by atoms with Crippen molar-refractivity contribution in [3.8, 4) is 0 Å². The SMILES string of the molecule is CC(=O)N1c2c(ccc3ccccc23)[C@H](N)C[C@@H]1C. The molecule has 1 aliphatic heterocycles. The first-order chi connectivity index (χ1) is 9.09. The highest BCUT2D eigenvalue weighted by Gasteiger charge is 2.31. The summed E-state index contributed by atoms with van der Waals surface area (Å²) < 4.78 is 0. The molecule has 0 unspecified atom stereocenters. The summed E-state index contributed by atoms with van der Waals surface area (Å²) in [7, 11) is 0. The highest BCUT2D eigenvalue weighted by molar-refractivity contribution is 6.05. The standard InChI is InChI=1S/C16H18N2O/c1-10-9-15(17)14-8-7-12-5-3-4-6-13(12)16(14)18(10)11(2)19/h3-8,10,15H,9,17H2,1-2H3/t10-,15+/m0/s1. The number of rotatable bonds is 0. The quantitative estimate of drug-likeness (QED) is 0.785. The van der Waals surface area contributed by atoms with E-state index in [0.717, 1.165) is 28.4 Å². The molecule has 0 aliphatic carbocycles. The Hall–Kier alpha value is -1.87. The number of fused-ring (bicyclic) bond motifs is 3. The minimum atomic E-state index is 0.00482. The van der Waals surface area contributed by atoms with Crippen molar-refractivity contribution in [2.75, 3.05) is 4.90 Å². The van der Waals surface area contributed by atoms with Crippen LogP contribution < -0.4 is 10.6 Å². The number of hydrogen-bond donors (Lipinski definition) is 1. The highest BCUT2D eigenvalue weighted by Crippen LogP contribution is 2.40. The summed E-state index contributed by atoms with van der Waals surface area (Å²) >= 11 is 0. The fourth-order valence-electron chi connectivity index (χ4n) is 3.13. The molecule has 2 aromatic rings. The van der Waals surface area contributed by atoms with Gasteiger partial charge in [-0.05, 0) is 24.3 Å². The largest absolute Gasteiger partial charge is 0.324 e. The second-order valence-electron chi connectivity index (χ2n) is 5.30. The smallest absolute Gasteiger partial charge is 0.224 e. The van der Waals surface area contributed by atoms with Gasteiger partial charge in [0.05, 0.1) is 5.69 Å². The molecule has 2 atom stereocenters. The van der Waals surface area contributed by atoms with Crippen molar-refractivity contribution in [2.24, 2.45) is 5.73 Å². The Labute approximate surface area is 113 Å². The van der Waals surface area contributed by atoms with Gasteiger partial charge in [0.15, 0.2) is 0 Å². The lowest BCUT2D eigenvalue weighted by molar-refractivity contribution is -0.117. The summed E-state index contributed by atoms with van der Waals surface area (Å²) in [4.78, 5) is 13.9. The Balaban J connectivity index is 2.35. The second-order valence-corrected chi connectivity index (χ2v) is 5.30. The molecule has 0 saturated carbocycles. The topological polar surface area (TPSA) is 46.3 Å². The number of nitrogens with zero attached hydrogens (tertiary/aromatic N) is 1. The maximum absolute atomic E-state index is 12.0. The van der Waals surface area contributed by atoms with E-state index in [1.165, 1.54) is 0 Å². The van der Waals surface area contributed by atoms with E-state index in [2.05, 4.69) is 31.2 Å². The summed E-state index contributed by atoms with van der Waals surface area (Å²) in [6.45, 7) is 3.69. The van der Waals surface area contributed by atoms with Crippen molar-refractivity contribution in [3.63, 3.8) is 0 Å². The van der Waals surface area contributed by atoms with E-state index in [-0.39, 0.29) is 18.0 Å². The maximum atomic E-state index is 12.0. The van der Waals surface area contributed by atoms with Crippen LogP contribution in [-0.2, 0) is 4.79 Å². The van der Waals surface area contributed by atoms with Gasteiger partial charge in [-0.15, -0.1) is 0 Å². The highest BCUT2D eigenvalue weighted by atomic mass is 16.2. The zero-order valence-electron chi connectivity index (χ0n) is 11.3. The molecule has 2 N–H and O–H groups in total. The van der Waals surface area contributed by atoms with Crippen molar-refractivity contribution in [2.45, 2.75) is 32.4 Å². The number of carbonyl (C=O) groups is 1. The number of amides is 1. The normalized spacial score (nSPS) is 22.4. The van der Waals surface area contributed by atoms with Crippen LogP contribution in [0, 0.1) is 0 Å². The Kier molecular flexibility index (Phi) is 2.79. The van der Waals surface area contributed by atoms with Gasteiger partial charge in [0.2, 0.25) is 5.91 Å². The van der Waals surface area contributed by atoms with E-state index in [4.69, 9.17) is 5.73 Å². The van der Waals surface area contributed by atoms with Crippen LogP contribution in [0.2, 0.25) is 0 Å². The van der Waals surface area contributed by atoms with E-state index >= 15 is 0 Å². The van der Waals surface area contributed by atoms with E-state index in [0.29, 0.717) is 0 Å². The third kappa shape index (κ3) is 1.81. The fourth-order valence-corrected chi connectivity index (χ4v) is 3.13. The van der Waals surface area contributed by atoms with Gasteiger partial charge >= 0.3 is 0 Å². The van der Waals surface area contributed by atoms with Crippen LogP contribution in [0.1, 0.15) is 31.9 Å². The van der Waals surface area contributed by atoms with Gasteiger partial charge in [-0.1, -0.05) is 36.4 Å². The van der Waals surface area contributed by atoms with Crippen molar-refractivity contribution >= 4 is 22.4 Å². The molecule has 1 aliphatic rings. The lowest BCUT2D eigenvalue weighted by Crippen LogP contribution is -2.43. The summed E-state index contributed by atoms with van der Waals surface area (Å²) in [5, 5.41) is 2.26. The van der Waals surface area contributed by atoms with E-state index < -0.39 is 0 Å². The molecule has 0 bridgehead atoms. The number of carbonyl (C=O) groups excluding carboxylic acids is 1. The zero-order valence-corrected chi connectivity index (χ0v) is 11.3. The molecule has 3 rings (SSSR count). The van der Waals surface area contributed by atoms with Crippen molar-refractivity contribution in [3.05, 3.63) is 42.0 Å². The molecule has 3 nitrogen and oxygen atoms in total. The van der Waals surface area contributed by atoms with Crippen LogP contribution in [0.15, 0.2) is 36.4 Å². The predicted octanol–water partition coefficient (Wildman–Crippen LogP) is 2.98. The molecule has 19 heavy (non-hydrogen) atoms. The van der Waals surface area contributed by atoms with Crippen LogP contribution >= 0.6 is 0 Å². The fraction of sp³-hybridized carbons (Fsp3) is 0.312. The van der Waals surface area contributed by atoms with E-state index in [9.17, 15) is 4.79 Å². The average molecular weight is 254 g/mol. The molecule has 1 heterocycles. The zero-order chi connectivity index (χ0) is 13.6. The van der Waals surface area contributed by atoms with Crippen LogP contribution in [0.4, 0.5) is 5.69 Å².